The molecule has 1 fully saturated rings. The molecular weight excluding hydrogens is 272 g/mol. The molecule has 0 aromatic heterocycles. The van der Waals surface area contributed by atoms with Crippen LogP contribution in [0.2, 0.25) is 0 Å². The van der Waals surface area contributed by atoms with Crippen molar-refractivity contribution >= 4 is 23.6 Å². The van der Waals surface area contributed by atoms with Gasteiger partial charge in [0.15, 0.2) is 0 Å². The fourth-order valence-electron chi connectivity index (χ4n) is 2.33. The van der Waals surface area contributed by atoms with Gasteiger partial charge >= 0.3 is 0 Å². The lowest BCUT2D eigenvalue weighted by Crippen LogP contribution is -2.32. The molecule has 1 unspecified atom stereocenters. The largest absolute Gasteiger partial charge is 0.352 e. The number of likely N-dealkylation sites (tertiary alicyclic amines) is 1. The van der Waals surface area contributed by atoms with Gasteiger partial charge in [-0.2, -0.15) is 0 Å². The summed E-state index contributed by atoms with van der Waals surface area (Å²) in [7, 11) is 0. The monoisotopic (exact) mass is 292 g/mol. The van der Waals surface area contributed by atoms with E-state index in [9.17, 15) is 9.59 Å². The van der Waals surface area contributed by atoms with Crippen molar-refractivity contribution in [3.8, 4) is 0 Å². The fraction of sp³-hybridized carbons (Fsp3) is 0.467. The molecule has 0 spiro atoms. The third kappa shape index (κ3) is 3.54. The molecule has 1 aliphatic rings. The molecule has 0 saturated carbocycles. The van der Waals surface area contributed by atoms with Gasteiger partial charge in [0.1, 0.15) is 0 Å². The molecule has 0 aliphatic carbocycles. The lowest BCUT2D eigenvalue weighted by Gasteiger charge is -2.13. The van der Waals surface area contributed by atoms with Crippen molar-refractivity contribution in [3.05, 3.63) is 29.8 Å². The second-order valence-electron chi connectivity index (χ2n) is 4.90. The first kappa shape index (κ1) is 14.9. The summed E-state index contributed by atoms with van der Waals surface area (Å²) in [4.78, 5) is 26.6. The standard InChI is InChI=1S/C15H20N2O2S/c1-3-17-10-12(8-14(17)18)15(19)16-9-11-4-6-13(20-2)7-5-11/h4-7,12H,3,8-10H2,1-2H3,(H,16,19). The molecule has 2 amide bonds. The zero-order chi connectivity index (χ0) is 14.5. The van der Waals surface area contributed by atoms with Gasteiger partial charge < -0.3 is 10.2 Å². The van der Waals surface area contributed by atoms with Crippen molar-refractivity contribution in [3.63, 3.8) is 0 Å². The minimum absolute atomic E-state index is 0.0248. The van der Waals surface area contributed by atoms with Crippen molar-refractivity contribution < 1.29 is 9.59 Å². The maximum absolute atomic E-state index is 12.1. The minimum Gasteiger partial charge on any atom is -0.352 e. The molecule has 1 atom stereocenters. The summed E-state index contributed by atoms with van der Waals surface area (Å²) in [6.07, 6.45) is 2.37. The predicted molar refractivity (Wildman–Crippen MR) is 80.4 cm³/mol. The van der Waals surface area contributed by atoms with Crippen molar-refractivity contribution in [2.24, 2.45) is 5.92 Å². The molecule has 1 aromatic rings. The van der Waals surface area contributed by atoms with E-state index < -0.39 is 0 Å². The Labute approximate surface area is 123 Å². The van der Waals surface area contributed by atoms with Crippen molar-refractivity contribution in [1.29, 1.82) is 0 Å². The first-order chi connectivity index (χ1) is 9.63. The highest BCUT2D eigenvalue weighted by atomic mass is 32.2. The van der Waals surface area contributed by atoms with Gasteiger partial charge in [0.05, 0.1) is 5.92 Å². The number of amides is 2. The molecule has 4 nitrogen and oxygen atoms in total. The molecule has 108 valence electrons. The number of carbonyl (C=O) groups excluding carboxylic acids is 2. The van der Waals surface area contributed by atoms with Crippen molar-refractivity contribution in [2.45, 2.75) is 24.8 Å². The second-order valence-corrected chi connectivity index (χ2v) is 5.78. The smallest absolute Gasteiger partial charge is 0.225 e. The Kier molecular flexibility index (Phi) is 5.06. The summed E-state index contributed by atoms with van der Waals surface area (Å²) in [6.45, 7) is 3.68. The number of hydrogen-bond donors (Lipinski definition) is 1. The molecule has 1 aliphatic heterocycles. The highest BCUT2D eigenvalue weighted by Crippen LogP contribution is 2.18. The Morgan fingerprint density at radius 3 is 2.65 bits per heavy atom. The normalized spacial score (nSPS) is 18.4. The molecule has 1 N–H and O–H groups in total. The minimum atomic E-state index is -0.201. The summed E-state index contributed by atoms with van der Waals surface area (Å²) < 4.78 is 0. The highest BCUT2D eigenvalue weighted by molar-refractivity contribution is 7.98. The SMILES string of the molecule is CCN1CC(C(=O)NCc2ccc(SC)cc2)CC1=O. The zero-order valence-corrected chi connectivity index (χ0v) is 12.7. The van der Waals surface area contributed by atoms with Crippen LogP contribution < -0.4 is 5.32 Å². The van der Waals surface area contributed by atoms with Gasteiger partial charge in [-0.15, -0.1) is 11.8 Å². The number of rotatable bonds is 5. The molecule has 5 heteroatoms. The maximum atomic E-state index is 12.1. The number of hydrogen-bond acceptors (Lipinski definition) is 3. The lowest BCUT2D eigenvalue weighted by atomic mass is 10.1. The van der Waals surface area contributed by atoms with Crippen LogP contribution in [-0.4, -0.2) is 36.1 Å². The van der Waals surface area contributed by atoms with Gasteiger partial charge in [-0.1, -0.05) is 12.1 Å². The Morgan fingerprint density at radius 1 is 1.40 bits per heavy atom. The van der Waals surface area contributed by atoms with Crippen LogP contribution >= 0.6 is 11.8 Å². The van der Waals surface area contributed by atoms with E-state index in [4.69, 9.17) is 0 Å². The summed E-state index contributed by atoms with van der Waals surface area (Å²) in [5, 5.41) is 2.92. The van der Waals surface area contributed by atoms with E-state index >= 15 is 0 Å². The zero-order valence-electron chi connectivity index (χ0n) is 11.9. The van der Waals surface area contributed by atoms with Crippen LogP contribution in [0, 0.1) is 5.92 Å². The molecule has 20 heavy (non-hydrogen) atoms. The lowest BCUT2D eigenvalue weighted by molar-refractivity contribution is -0.128. The molecule has 1 heterocycles. The average Bonchev–Trinajstić information content (AvgIpc) is 2.86. The van der Waals surface area contributed by atoms with Crippen LogP contribution in [0.4, 0.5) is 0 Å². The molecule has 1 saturated heterocycles. The fourth-order valence-corrected chi connectivity index (χ4v) is 2.74. The summed E-state index contributed by atoms with van der Waals surface area (Å²) in [5.41, 5.74) is 1.08. The Bertz CT molecular complexity index is 487. The maximum Gasteiger partial charge on any atom is 0.225 e. The summed E-state index contributed by atoms with van der Waals surface area (Å²) >= 11 is 1.69. The topological polar surface area (TPSA) is 49.4 Å². The van der Waals surface area contributed by atoms with E-state index in [0.29, 0.717) is 26.1 Å². The quantitative estimate of drug-likeness (QED) is 0.843. The van der Waals surface area contributed by atoms with Gasteiger partial charge in [-0.05, 0) is 30.9 Å². The highest BCUT2D eigenvalue weighted by Gasteiger charge is 2.33. The molecule has 0 radical (unpaired) electrons. The van der Waals surface area contributed by atoms with E-state index in [0.717, 1.165) is 5.56 Å². The molecule has 2 rings (SSSR count). The Balaban J connectivity index is 1.84. The van der Waals surface area contributed by atoms with Gasteiger partial charge in [-0.25, -0.2) is 0 Å². The van der Waals surface area contributed by atoms with Crippen molar-refractivity contribution in [1.82, 2.24) is 10.2 Å². The molecule has 0 bridgehead atoms. The van der Waals surface area contributed by atoms with Crippen LogP contribution in [0.5, 0.6) is 0 Å². The number of thioether (sulfide) groups is 1. The van der Waals surface area contributed by atoms with Gasteiger partial charge in [0.2, 0.25) is 11.8 Å². The number of nitrogens with zero attached hydrogens (tertiary/aromatic N) is 1. The second kappa shape index (κ2) is 6.79. The summed E-state index contributed by atoms with van der Waals surface area (Å²) in [6, 6.07) is 8.13. The van der Waals surface area contributed by atoms with E-state index in [-0.39, 0.29) is 17.7 Å². The number of nitrogens with one attached hydrogen (secondary N) is 1. The van der Waals surface area contributed by atoms with E-state index in [1.54, 1.807) is 16.7 Å². The van der Waals surface area contributed by atoms with E-state index in [1.807, 2.05) is 37.4 Å². The Morgan fingerprint density at radius 2 is 2.10 bits per heavy atom. The van der Waals surface area contributed by atoms with E-state index in [2.05, 4.69) is 5.32 Å². The van der Waals surface area contributed by atoms with Crippen LogP contribution in [0.3, 0.4) is 0 Å². The van der Waals surface area contributed by atoms with Crippen molar-refractivity contribution in [2.75, 3.05) is 19.3 Å². The number of benzene rings is 1. The van der Waals surface area contributed by atoms with Gasteiger partial charge in [0, 0.05) is 31.0 Å². The van der Waals surface area contributed by atoms with Crippen LogP contribution in [-0.2, 0) is 16.1 Å². The van der Waals surface area contributed by atoms with Gasteiger partial charge in [-0.3, -0.25) is 9.59 Å². The first-order valence-corrected chi connectivity index (χ1v) is 8.05. The third-order valence-corrected chi connectivity index (χ3v) is 4.34. The summed E-state index contributed by atoms with van der Waals surface area (Å²) in [5.74, 6) is -0.145. The third-order valence-electron chi connectivity index (χ3n) is 3.59. The van der Waals surface area contributed by atoms with Crippen LogP contribution in [0.1, 0.15) is 18.9 Å². The average molecular weight is 292 g/mol. The first-order valence-electron chi connectivity index (χ1n) is 6.82. The van der Waals surface area contributed by atoms with Gasteiger partial charge in [0.25, 0.3) is 0 Å². The number of carbonyl (C=O) groups is 2. The van der Waals surface area contributed by atoms with Crippen LogP contribution in [0.15, 0.2) is 29.2 Å². The predicted octanol–water partition coefficient (Wildman–Crippen LogP) is 1.89. The van der Waals surface area contributed by atoms with Crippen LogP contribution in [0.25, 0.3) is 0 Å². The molecule has 1 aromatic carbocycles. The van der Waals surface area contributed by atoms with E-state index in [1.165, 1.54) is 4.90 Å². The Hall–Kier alpha value is -1.49. The molecular formula is C15H20N2O2S.